The predicted octanol–water partition coefficient (Wildman–Crippen LogP) is 1.18. The molecule has 0 radical (unpaired) electrons. The van der Waals surface area contributed by atoms with Gasteiger partial charge >= 0.3 is 0 Å². The number of rotatable bonds is 4. The summed E-state index contributed by atoms with van der Waals surface area (Å²) < 4.78 is 7.35. The fraction of sp³-hybridized carbons (Fsp3) is 0.667. The Bertz CT molecular complexity index is 473. The molecule has 1 aromatic rings. The van der Waals surface area contributed by atoms with Gasteiger partial charge in [-0.05, 0) is 38.1 Å². The molecule has 3 heterocycles. The van der Waals surface area contributed by atoms with Crippen molar-refractivity contribution in [3.63, 3.8) is 0 Å². The Kier molecular flexibility index (Phi) is 3.81. The van der Waals surface area contributed by atoms with Gasteiger partial charge in [-0.3, -0.25) is 4.79 Å². The van der Waals surface area contributed by atoms with Gasteiger partial charge in [0.1, 0.15) is 5.69 Å². The van der Waals surface area contributed by atoms with Crippen LogP contribution in [0.25, 0.3) is 0 Å². The van der Waals surface area contributed by atoms with Crippen LogP contribution in [0.3, 0.4) is 0 Å². The lowest BCUT2D eigenvalue weighted by Gasteiger charge is -2.38. The van der Waals surface area contributed by atoms with Crippen molar-refractivity contribution in [2.24, 2.45) is 5.41 Å². The van der Waals surface area contributed by atoms with Gasteiger partial charge < -0.3 is 19.9 Å². The summed E-state index contributed by atoms with van der Waals surface area (Å²) in [7, 11) is 0. The number of piperidine rings is 1. The van der Waals surface area contributed by atoms with Crippen LogP contribution in [0.15, 0.2) is 18.3 Å². The van der Waals surface area contributed by atoms with Crippen molar-refractivity contribution in [2.75, 3.05) is 32.8 Å². The van der Waals surface area contributed by atoms with E-state index in [9.17, 15) is 4.79 Å². The molecule has 0 aromatic carbocycles. The molecule has 0 aliphatic carbocycles. The average molecular weight is 277 g/mol. The van der Waals surface area contributed by atoms with Crippen molar-refractivity contribution in [1.82, 2.24) is 15.2 Å². The van der Waals surface area contributed by atoms with Gasteiger partial charge in [0.05, 0.1) is 13.2 Å². The molecule has 0 spiro atoms. The summed E-state index contributed by atoms with van der Waals surface area (Å²) in [6, 6.07) is 4.32. The summed E-state index contributed by atoms with van der Waals surface area (Å²) in [5.41, 5.74) is 0.891. The van der Waals surface area contributed by atoms with E-state index in [4.69, 9.17) is 4.74 Å². The fourth-order valence-electron chi connectivity index (χ4n) is 2.93. The Hall–Kier alpha value is -1.33. The molecule has 5 nitrogen and oxygen atoms in total. The predicted molar refractivity (Wildman–Crippen MR) is 76.8 cm³/mol. The smallest absolute Gasteiger partial charge is 0.267 e. The highest BCUT2D eigenvalue weighted by atomic mass is 16.5. The zero-order valence-electron chi connectivity index (χ0n) is 12.0. The number of nitrogens with one attached hydrogen (secondary N) is 2. The molecule has 2 aliphatic heterocycles. The molecular formula is C15H23N3O2. The Morgan fingerprint density at radius 1 is 1.50 bits per heavy atom. The van der Waals surface area contributed by atoms with Gasteiger partial charge in [-0.1, -0.05) is 6.92 Å². The van der Waals surface area contributed by atoms with Crippen molar-refractivity contribution in [3.05, 3.63) is 24.0 Å². The Balaban J connectivity index is 1.64. The maximum absolute atomic E-state index is 12.4. The second-order valence-electron chi connectivity index (χ2n) is 6.27. The lowest BCUT2D eigenvalue weighted by molar-refractivity contribution is -0.0978. The quantitative estimate of drug-likeness (QED) is 0.869. The van der Waals surface area contributed by atoms with Crippen molar-refractivity contribution in [3.8, 4) is 0 Å². The molecule has 1 aromatic heterocycles. The zero-order chi connectivity index (χ0) is 14.0. The van der Waals surface area contributed by atoms with Crippen LogP contribution in [0.2, 0.25) is 0 Å². The SMILES string of the molecule is CC1(CNC(=O)c2cccn2C2CCNCC2)COC1. The fourth-order valence-corrected chi connectivity index (χ4v) is 2.93. The minimum Gasteiger partial charge on any atom is -0.380 e. The van der Waals surface area contributed by atoms with E-state index in [1.165, 1.54) is 0 Å². The van der Waals surface area contributed by atoms with Crippen LogP contribution in [0.1, 0.15) is 36.3 Å². The Labute approximate surface area is 119 Å². The average Bonchev–Trinajstić information content (AvgIpc) is 2.93. The Morgan fingerprint density at radius 3 is 2.90 bits per heavy atom. The van der Waals surface area contributed by atoms with Gasteiger partial charge in [-0.2, -0.15) is 0 Å². The molecule has 5 heteroatoms. The zero-order valence-corrected chi connectivity index (χ0v) is 12.0. The molecule has 20 heavy (non-hydrogen) atoms. The van der Waals surface area contributed by atoms with Crippen LogP contribution in [0, 0.1) is 5.41 Å². The molecule has 0 atom stereocenters. The van der Waals surface area contributed by atoms with Gasteiger partial charge in [0.25, 0.3) is 5.91 Å². The van der Waals surface area contributed by atoms with Gasteiger partial charge in [-0.25, -0.2) is 0 Å². The third kappa shape index (κ3) is 2.74. The van der Waals surface area contributed by atoms with Crippen molar-refractivity contribution in [2.45, 2.75) is 25.8 Å². The summed E-state index contributed by atoms with van der Waals surface area (Å²) in [5.74, 6) is 0.0293. The van der Waals surface area contributed by atoms with E-state index in [1.54, 1.807) is 0 Å². The second kappa shape index (κ2) is 5.58. The molecule has 2 N–H and O–H groups in total. The monoisotopic (exact) mass is 277 g/mol. The summed E-state index contributed by atoms with van der Waals surface area (Å²) in [5, 5.41) is 6.41. The molecule has 1 amide bonds. The van der Waals surface area contributed by atoms with E-state index in [-0.39, 0.29) is 11.3 Å². The number of hydrogen-bond donors (Lipinski definition) is 2. The topological polar surface area (TPSA) is 55.3 Å². The highest BCUT2D eigenvalue weighted by molar-refractivity contribution is 5.92. The third-order valence-corrected chi connectivity index (χ3v) is 4.29. The standard InChI is InChI=1S/C15H23N3O2/c1-15(10-20-11-15)9-17-14(19)13-3-2-8-18(13)12-4-6-16-7-5-12/h2-3,8,12,16H,4-7,9-11H2,1H3,(H,17,19). The molecular weight excluding hydrogens is 254 g/mol. The summed E-state index contributed by atoms with van der Waals surface area (Å²) in [4.78, 5) is 12.4. The van der Waals surface area contributed by atoms with Crippen LogP contribution in [0.5, 0.6) is 0 Å². The summed E-state index contributed by atoms with van der Waals surface area (Å²) in [6.45, 7) is 6.36. The van der Waals surface area contributed by atoms with Crippen LogP contribution < -0.4 is 10.6 Å². The van der Waals surface area contributed by atoms with E-state index in [0.717, 1.165) is 44.8 Å². The number of ether oxygens (including phenoxy) is 1. The molecule has 2 fully saturated rings. The van der Waals surface area contributed by atoms with Crippen LogP contribution in [0.4, 0.5) is 0 Å². The maximum Gasteiger partial charge on any atom is 0.267 e. The summed E-state index contributed by atoms with van der Waals surface area (Å²) >= 11 is 0. The van der Waals surface area contributed by atoms with E-state index in [0.29, 0.717) is 12.6 Å². The van der Waals surface area contributed by atoms with E-state index in [1.807, 2.05) is 18.3 Å². The number of carbonyl (C=O) groups is 1. The molecule has 3 rings (SSSR count). The molecule has 110 valence electrons. The Morgan fingerprint density at radius 2 is 2.25 bits per heavy atom. The number of nitrogens with zero attached hydrogens (tertiary/aromatic N) is 1. The van der Waals surface area contributed by atoms with E-state index >= 15 is 0 Å². The minimum atomic E-state index is 0.0293. The highest BCUT2D eigenvalue weighted by Gasteiger charge is 2.34. The first-order valence-corrected chi connectivity index (χ1v) is 7.41. The number of aromatic nitrogens is 1. The van der Waals surface area contributed by atoms with E-state index < -0.39 is 0 Å². The van der Waals surface area contributed by atoms with Gasteiger partial charge in [0.15, 0.2) is 0 Å². The molecule has 0 bridgehead atoms. The largest absolute Gasteiger partial charge is 0.380 e. The maximum atomic E-state index is 12.4. The number of carbonyl (C=O) groups excluding carboxylic acids is 1. The van der Waals surface area contributed by atoms with Crippen LogP contribution >= 0.6 is 0 Å². The van der Waals surface area contributed by atoms with Crippen molar-refractivity contribution in [1.29, 1.82) is 0 Å². The van der Waals surface area contributed by atoms with Gasteiger partial charge in [0.2, 0.25) is 0 Å². The number of amides is 1. The second-order valence-corrected chi connectivity index (χ2v) is 6.27. The summed E-state index contributed by atoms with van der Waals surface area (Å²) in [6.07, 6.45) is 4.19. The minimum absolute atomic E-state index is 0.0293. The van der Waals surface area contributed by atoms with E-state index in [2.05, 4.69) is 22.1 Å². The first-order valence-electron chi connectivity index (χ1n) is 7.41. The van der Waals surface area contributed by atoms with Gasteiger partial charge in [-0.15, -0.1) is 0 Å². The van der Waals surface area contributed by atoms with Crippen LogP contribution in [-0.4, -0.2) is 43.3 Å². The van der Waals surface area contributed by atoms with Crippen molar-refractivity contribution < 1.29 is 9.53 Å². The van der Waals surface area contributed by atoms with Crippen molar-refractivity contribution >= 4 is 5.91 Å². The van der Waals surface area contributed by atoms with Gasteiger partial charge in [0, 0.05) is 24.2 Å². The first kappa shape index (κ1) is 13.6. The molecule has 0 saturated carbocycles. The molecule has 0 unspecified atom stereocenters. The highest BCUT2D eigenvalue weighted by Crippen LogP contribution is 2.25. The normalized spacial score (nSPS) is 22.2. The first-order chi connectivity index (χ1) is 9.68. The lowest BCUT2D eigenvalue weighted by atomic mass is 9.89. The van der Waals surface area contributed by atoms with Crippen LogP contribution in [-0.2, 0) is 4.74 Å². The number of hydrogen-bond acceptors (Lipinski definition) is 3. The molecule has 2 aliphatic rings. The lowest BCUT2D eigenvalue weighted by Crippen LogP contribution is -2.48. The molecule has 2 saturated heterocycles. The third-order valence-electron chi connectivity index (χ3n) is 4.29.